The van der Waals surface area contributed by atoms with E-state index in [9.17, 15) is 9.59 Å². The molecule has 6 nitrogen and oxygen atoms in total. The molecule has 0 unspecified atom stereocenters. The molecule has 2 amide bonds. The highest BCUT2D eigenvalue weighted by Gasteiger charge is 2.21. The van der Waals surface area contributed by atoms with Crippen molar-refractivity contribution in [2.75, 3.05) is 24.5 Å². The number of primary amides is 2. The number of carbonyl (C=O) groups is 2. The molecule has 0 radical (unpaired) electrons. The first-order valence-electron chi connectivity index (χ1n) is 6.73. The Balaban J connectivity index is 1.97. The number of hydrogen-bond donors (Lipinski definition) is 3. The maximum Gasteiger partial charge on any atom is 0.250 e. The maximum atomic E-state index is 11.4. The summed E-state index contributed by atoms with van der Waals surface area (Å²) in [5, 5.41) is 3.14. The van der Waals surface area contributed by atoms with Crippen LogP contribution in [0.5, 0.6) is 0 Å². The number of para-hydroxylation sites is 1. The molecule has 20 heavy (non-hydrogen) atoms. The van der Waals surface area contributed by atoms with Crippen LogP contribution >= 0.6 is 0 Å². The highest BCUT2D eigenvalue weighted by molar-refractivity contribution is 5.98. The van der Waals surface area contributed by atoms with E-state index < -0.39 is 5.91 Å². The number of carbonyl (C=O) groups excluding carboxylic acids is 2. The lowest BCUT2D eigenvalue weighted by molar-refractivity contribution is -0.117. The van der Waals surface area contributed by atoms with Gasteiger partial charge in [0.1, 0.15) is 0 Å². The van der Waals surface area contributed by atoms with Gasteiger partial charge in [-0.05, 0) is 25.0 Å². The zero-order chi connectivity index (χ0) is 14.5. The molecule has 0 spiro atoms. The van der Waals surface area contributed by atoms with Crippen molar-refractivity contribution in [2.24, 2.45) is 11.5 Å². The second-order valence-corrected chi connectivity index (χ2v) is 4.99. The van der Waals surface area contributed by atoms with E-state index in [1.807, 2.05) is 18.2 Å². The first-order chi connectivity index (χ1) is 9.58. The van der Waals surface area contributed by atoms with E-state index >= 15 is 0 Å². The Morgan fingerprint density at radius 2 is 1.85 bits per heavy atom. The SMILES string of the molecule is NC(=O)CNC1CCN(c2ccccc2C(N)=O)CC1. The van der Waals surface area contributed by atoms with Crippen molar-refractivity contribution in [2.45, 2.75) is 18.9 Å². The molecule has 0 aromatic heterocycles. The summed E-state index contributed by atoms with van der Waals surface area (Å²) in [4.78, 5) is 24.3. The van der Waals surface area contributed by atoms with Crippen molar-refractivity contribution in [3.63, 3.8) is 0 Å². The standard InChI is InChI=1S/C14H20N4O2/c15-13(19)9-17-10-5-7-18(8-6-10)12-4-2-1-3-11(12)14(16)20/h1-4,10,17H,5-9H2,(H2,15,19)(H2,16,20). The Hall–Kier alpha value is -2.08. The van der Waals surface area contributed by atoms with Crippen LogP contribution in [-0.2, 0) is 4.79 Å². The Bertz CT molecular complexity index is 496. The van der Waals surface area contributed by atoms with Gasteiger partial charge < -0.3 is 21.7 Å². The summed E-state index contributed by atoms with van der Waals surface area (Å²) in [7, 11) is 0. The second kappa shape index (κ2) is 6.38. The van der Waals surface area contributed by atoms with Crippen LogP contribution in [-0.4, -0.2) is 37.5 Å². The Morgan fingerprint density at radius 3 is 2.45 bits per heavy atom. The molecule has 0 atom stereocenters. The molecule has 0 saturated carbocycles. The van der Waals surface area contributed by atoms with Gasteiger partial charge >= 0.3 is 0 Å². The maximum absolute atomic E-state index is 11.4. The highest BCUT2D eigenvalue weighted by atomic mass is 16.1. The predicted octanol–water partition coefficient (Wildman–Crippen LogP) is -0.171. The van der Waals surface area contributed by atoms with Crippen molar-refractivity contribution in [1.29, 1.82) is 0 Å². The molecule has 1 aliphatic rings. The minimum Gasteiger partial charge on any atom is -0.371 e. The number of piperidine rings is 1. The summed E-state index contributed by atoms with van der Waals surface area (Å²) >= 11 is 0. The van der Waals surface area contributed by atoms with Gasteiger partial charge in [-0.3, -0.25) is 9.59 Å². The van der Waals surface area contributed by atoms with Gasteiger partial charge in [0.25, 0.3) is 5.91 Å². The van der Waals surface area contributed by atoms with Gasteiger partial charge in [0.15, 0.2) is 0 Å². The van der Waals surface area contributed by atoms with Gasteiger partial charge in [-0.2, -0.15) is 0 Å². The third-order valence-electron chi connectivity index (χ3n) is 3.57. The predicted molar refractivity (Wildman–Crippen MR) is 77.4 cm³/mol. The number of rotatable bonds is 5. The Kier molecular flexibility index (Phi) is 4.57. The normalized spacial score (nSPS) is 16.1. The fourth-order valence-corrected chi connectivity index (χ4v) is 2.53. The summed E-state index contributed by atoms with van der Waals surface area (Å²) in [6, 6.07) is 7.66. The summed E-state index contributed by atoms with van der Waals surface area (Å²) in [6.45, 7) is 1.85. The van der Waals surface area contributed by atoms with Gasteiger partial charge in [-0.1, -0.05) is 12.1 Å². The quantitative estimate of drug-likeness (QED) is 0.695. The average molecular weight is 276 g/mol. The zero-order valence-corrected chi connectivity index (χ0v) is 11.3. The van der Waals surface area contributed by atoms with Crippen LogP contribution in [0.1, 0.15) is 23.2 Å². The second-order valence-electron chi connectivity index (χ2n) is 4.99. The molecule has 6 heteroatoms. The van der Waals surface area contributed by atoms with Gasteiger partial charge in [-0.25, -0.2) is 0 Å². The first-order valence-corrected chi connectivity index (χ1v) is 6.73. The summed E-state index contributed by atoms with van der Waals surface area (Å²) < 4.78 is 0. The smallest absolute Gasteiger partial charge is 0.250 e. The highest BCUT2D eigenvalue weighted by Crippen LogP contribution is 2.23. The largest absolute Gasteiger partial charge is 0.371 e. The van der Waals surface area contributed by atoms with Crippen LogP contribution in [0.4, 0.5) is 5.69 Å². The Labute approximate surface area is 118 Å². The summed E-state index contributed by atoms with van der Waals surface area (Å²) in [5.74, 6) is -0.749. The molecule has 0 bridgehead atoms. The van der Waals surface area contributed by atoms with Crippen molar-refractivity contribution >= 4 is 17.5 Å². The summed E-state index contributed by atoms with van der Waals surface area (Å²) in [5.41, 5.74) is 12.0. The minimum absolute atomic E-state index is 0.211. The molecule has 5 N–H and O–H groups in total. The number of nitrogens with zero attached hydrogens (tertiary/aromatic N) is 1. The molecule has 1 fully saturated rings. The van der Waals surface area contributed by atoms with E-state index in [2.05, 4.69) is 10.2 Å². The van der Waals surface area contributed by atoms with Crippen LogP contribution in [0.15, 0.2) is 24.3 Å². The fraction of sp³-hybridized carbons (Fsp3) is 0.429. The topological polar surface area (TPSA) is 101 Å². The molecular formula is C14H20N4O2. The molecule has 2 rings (SSSR count). The van der Waals surface area contributed by atoms with Crippen molar-refractivity contribution < 1.29 is 9.59 Å². The van der Waals surface area contributed by atoms with Gasteiger partial charge in [0.2, 0.25) is 5.91 Å². The van der Waals surface area contributed by atoms with E-state index in [0.29, 0.717) is 11.6 Å². The van der Waals surface area contributed by atoms with E-state index in [-0.39, 0.29) is 12.5 Å². The van der Waals surface area contributed by atoms with E-state index in [1.54, 1.807) is 6.07 Å². The molecule has 1 aromatic carbocycles. The number of benzene rings is 1. The van der Waals surface area contributed by atoms with E-state index in [0.717, 1.165) is 31.6 Å². The number of amides is 2. The minimum atomic E-state index is -0.408. The zero-order valence-electron chi connectivity index (χ0n) is 11.3. The number of nitrogens with one attached hydrogen (secondary N) is 1. The molecule has 1 saturated heterocycles. The van der Waals surface area contributed by atoms with E-state index in [4.69, 9.17) is 11.5 Å². The van der Waals surface area contributed by atoms with Crippen LogP contribution < -0.4 is 21.7 Å². The lowest BCUT2D eigenvalue weighted by atomic mass is 10.0. The average Bonchev–Trinajstić information content (AvgIpc) is 2.45. The lowest BCUT2D eigenvalue weighted by Crippen LogP contribution is -2.45. The lowest BCUT2D eigenvalue weighted by Gasteiger charge is -2.34. The van der Waals surface area contributed by atoms with Crippen LogP contribution in [0.3, 0.4) is 0 Å². The molecule has 0 aliphatic carbocycles. The monoisotopic (exact) mass is 276 g/mol. The van der Waals surface area contributed by atoms with Crippen molar-refractivity contribution in [3.05, 3.63) is 29.8 Å². The van der Waals surface area contributed by atoms with Crippen LogP contribution in [0.25, 0.3) is 0 Å². The van der Waals surface area contributed by atoms with Crippen LogP contribution in [0, 0.1) is 0 Å². The fourth-order valence-electron chi connectivity index (χ4n) is 2.53. The molecule has 1 aliphatic heterocycles. The van der Waals surface area contributed by atoms with Gasteiger partial charge in [0, 0.05) is 24.8 Å². The molecular weight excluding hydrogens is 256 g/mol. The summed E-state index contributed by atoms with van der Waals surface area (Å²) in [6.07, 6.45) is 1.81. The first kappa shape index (κ1) is 14.3. The Morgan fingerprint density at radius 1 is 1.20 bits per heavy atom. The van der Waals surface area contributed by atoms with Gasteiger partial charge in [0.05, 0.1) is 12.1 Å². The third-order valence-corrected chi connectivity index (χ3v) is 3.57. The van der Waals surface area contributed by atoms with E-state index in [1.165, 1.54) is 0 Å². The molecule has 1 heterocycles. The van der Waals surface area contributed by atoms with Crippen molar-refractivity contribution in [3.8, 4) is 0 Å². The number of nitrogens with two attached hydrogens (primary N) is 2. The van der Waals surface area contributed by atoms with Crippen molar-refractivity contribution in [1.82, 2.24) is 5.32 Å². The number of hydrogen-bond acceptors (Lipinski definition) is 4. The molecule has 1 aromatic rings. The van der Waals surface area contributed by atoms with Crippen LogP contribution in [0.2, 0.25) is 0 Å². The third kappa shape index (κ3) is 3.48. The number of anilines is 1. The molecule has 108 valence electrons. The van der Waals surface area contributed by atoms with Gasteiger partial charge in [-0.15, -0.1) is 0 Å².